The minimum absolute atomic E-state index is 0.0362. The molecule has 0 bridgehead atoms. The maximum absolute atomic E-state index is 12.7. The summed E-state index contributed by atoms with van der Waals surface area (Å²) in [7, 11) is 1.60. The molecule has 1 aliphatic carbocycles. The molecule has 1 saturated heterocycles. The molecule has 1 heterocycles. The zero-order valence-electron chi connectivity index (χ0n) is 12.5. The SMILES string of the molecule is CNC(=O)C1CCCN(C(=O)C2CCCCC2C(=O)O)C1. The molecular weight excluding hydrogens is 272 g/mol. The molecule has 2 N–H and O–H groups in total. The van der Waals surface area contributed by atoms with Gasteiger partial charge in [0.15, 0.2) is 0 Å². The zero-order valence-corrected chi connectivity index (χ0v) is 12.5. The zero-order chi connectivity index (χ0) is 15.4. The Labute approximate surface area is 124 Å². The third kappa shape index (κ3) is 3.54. The molecule has 1 saturated carbocycles. The summed E-state index contributed by atoms with van der Waals surface area (Å²) in [6, 6.07) is 0. The van der Waals surface area contributed by atoms with Gasteiger partial charge in [-0.1, -0.05) is 12.8 Å². The Balaban J connectivity index is 2.04. The van der Waals surface area contributed by atoms with Crippen molar-refractivity contribution in [2.24, 2.45) is 17.8 Å². The number of nitrogens with one attached hydrogen (secondary N) is 1. The topological polar surface area (TPSA) is 86.7 Å². The molecule has 0 aromatic heterocycles. The molecule has 0 radical (unpaired) electrons. The first-order chi connectivity index (χ1) is 10.0. The number of nitrogens with zero attached hydrogens (tertiary/aromatic N) is 1. The molecular formula is C15H24N2O4. The molecule has 0 spiro atoms. The van der Waals surface area contributed by atoms with E-state index in [0.29, 0.717) is 25.9 Å². The maximum Gasteiger partial charge on any atom is 0.307 e. The third-order valence-electron chi connectivity index (χ3n) is 4.75. The van der Waals surface area contributed by atoms with Crippen molar-refractivity contribution >= 4 is 17.8 Å². The maximum atomic E-state index is 12.7. The second-order valence-electron chi connectivity index (χ2n) is 6.07. The van der Waals surface area contributed by atoms with Crippen molar-refractivity contribution in [2.75, 3.05) is 20.1 Å². The molecule has 21 heavy (non-hydrogen) atoms. The van der Waals surface area contributed by atoms with E-state index in [0.717, 1.165) is 25.7 Å². The van der Waals surface area contributed by atoms with Gasteiger partial charge in [0.1, 0.15) is 0 Å². The number of piperidine rings is 1. The molecule has 1 aliphatic heterocycles. The first kappa shape index (κ1) is 15.8. The smallest absolute Gasteiger partial charge is 0.307 e. The average molecular weight is 296 g/mol. The van der Waals surface area contributed by atoms with Gasteiger partial charge in [-0.05, 0) is 25.7 Å². The number of aliphatic carboxylic acids is 1. The summed E-state index contributed by atoms with van der Waals surface area (Å²) < 4.78 is 0. The van der Waals surface area contributed by atoms with E-state index < -0.39 is 17.8 Å². The molecule has 2 fully saturated rings. The summed E-state index contributed by atoms with van der Waals surface area (Å²) in [4.78, 5) is 37.4. The van der Waals surface area contributed by atoms with Crippen LogP contribution in [0.4, 0.5) is 0 Å². The van der Waals surface area contributed by atoms with E-state index >= 15 is 0 Å². The van der Waals surface area contributed by atoms with Crippen molar-refractivity contribution in [3.05, 3.63) is 0 Å². The largest absolute Gasteiger partial charge is 0.481 e. The Kier molecular flexibility index (Phi) is 5.20. The fourth-order valence-electron chi connectivity index (χ4n) is 3.55. The molecule has 6 heteroatoms. The first-order valence-corrected chi connectivity index (χ1v) is 7.77. The molecule has 2 aliphatic rings. The number of hydrogen-bond acceptors (Lipinski definition) is 3. The van der Waals surface area contributed by atoms with E-state index in [1.807, 2.05) is 0 Å². The normalized spacial score (nSPS) is 29.8. The number of carbonyl (C=O) groups excluding carboxylic acids is 2. The van der Waals surface area contributed by atoms with Gasteiger partial charge in [-0.15, -0.1) is 0 Å². The van der Waals surface area contributed by atoms with Gasteiger partial charge in [-0.3, -0.25) is 14.4 Å². The van der Waals surface area contributed by atoms with Gasteiger partial charge >= 0.3 is 5.97 Å². The Hall–Kier alpha value is -1.59. The van der Waals surface area contributed by atoms with Crippen LogP contribution in [0.3, 0.4) is 0 Å². The van der Waals surface area contributed by atoms with Crippen LogP contribution in [-0.4, -0.2) is 47.9 Å². The number of carboxylic acids is 1. The van der Waals surface area contributed by atoms with Crippen molar-refractivity contribution < 1.29 is 19.5 Å². The van der Waals surface area contributed by atoms with Crippen LogP contribution in [0.1, 0.15) is 38.5 Å². The number of likely N-dealkylation sites (tertiary alicyclic amines) is 1. The van der Waals surface area contributed by atoms with Crippen molar-refractivity contribution in [1.29, 1.82) is 0 Å². The predicted octanol–water partition coefficient (Wildman–Crippen LogP) is 0.862. The highest BCUT2D eigenvalue weighted by atomic mass is 16.4. The van der Waals surface area contributed by atoms with Gasteiger partial charge < -0.3 is 15.3 Å². The number of amides is 2. The molecule has 118 valence electrons. The molecule has 2 amide bonds. The Morgan fingerprint density at radius 1 is 1.05 bits per heavy atom. The lowest BCUT2D eigenvalue weighted by molar-refractivity contribution is -0.153. The summed E-state index contributed by atoms with van der Waals surface area (Å²) >= 11 is 0. The Bertz CT molecular complexity index is 424. The van der Waals surface area contributed by atoms with Crippen molar-refractivity contribution in [1.82, 2.24) is 10.2 Å². The molecule has 0 aromatic rings. The summed E-state index contributed by atoms with van der Waals surface area (Å²) in [6.07, 6.45) is 4.61. The lowest BCUT2D eigenvalue weighted by atomic mass is 9.78. The minimum atomic E-state index is -0.868. The number of hydrogen-bond donors (Lipinski definition) is 2. The first-order valence-electron chi connectivity index (χ1n) is 7.77. The average Bonchev–Trinajstić information content (AvgIpc) is 2.53. The van der Waals surface area contributed by atoms with E-state index in [1.165, 1.54) is 0 Å². The molecule has 2 rings (SSSR count). The standard InChI is InChI=1S/C15H24N2O4/c1-16-13(18)10-5-4-8-17(9-10)14(19)11-6-2-3-7-12(11)15(20)21/h10-12H,2-9H2,1H3,(H,16,18)(H,20,21). The number of rotatable bonds is 3. The predicted molar refractivity (Wildman–Crippen MR) is 76.5 cm³/mol. The van der Waals surface area contributed by atoms with E-state index in [-0.39, 0.29) is 17.7 Å². The van der Waals surface area contributed by atoms with Crippen LogP contribution >= 0.6 is 0 Å². The van der Waals surface area contributed by atoms with Crippen LogP contribution < -0.4 is 5.32 Å². The second-order valence-corrected chi connectivity index (χ2v) is 6.07. The summed E-state index contributed by atoms with van der Waals surface area (Å²) in [5, 5.41) is 11.9. The van der Waals surface area contributed by atoms with Crippen LogP contribution in [0, 0.1) is 17.8 Å². The number of carbonyl (C=O) groups is 3. The van der Waals surface area contributed by atoms with Gasteiger partial charge in [0.2, 0.25) is 11.8 Å². The highest BCUT2D eigenvalue weighted by molar-refractivity contribution is 5.86. The fraction of sp³-hybridized carbons (Fsp3) is 0.800. The molecule has 3 unspecified atom stereocenters. The molecule has 0 aromatic carbocycles. The second kappa shape index (κ2) is 6.91. The lowest BCUT2D eigenvalue weighted by Crippen LogP contribution is -2.49. The van der Waals surface area contributed by atoms with Gasteiger partial charge in [-0.25, -0.2) is 0 Å². The van der Waals surface area contributed by atoms with Crippen molar-refractivity contribution in [3.8, 4) is 0 Å². The van der Waals surface area contributed by atoms with Crippen LogP contribution in [0.25, 0.3) is 0 Å². The van der Waals surface area contributed by atoms with Gasteiger partial charge in [0.05, 0.1) is 17.8 Å². The van der Waals surface area contributed by atoms with Crippen LogP contribution in [0.15, 0.2) is 0 Å². The summed E-state index contributed by atoms with van der Waals surface area (Å²) in [5.74, 6) is -2.12. The monoisotopic (exact) mass is 296 g/mol. The minimum Gasteiger partial charge on any atom is -0.481 e. The van der Waals surface area contributed by atoms with Crippen LogP contribution in [0.5, 0.6) is 0 Å². The third-order valence-corrected chi connectivity index (χ3v) is 4.75. The Morgan fingerprint density at radius 3 is 2.33 bits per heavy atom. The fourth-order valence-corrected chi connectivity index (χ4v) is 3.55. The van der Waals surface area contributed by atoms with Crippen LogP contribution in [0.2, 0.25) is 0 Å². The van der Waals surface area contributed by atoms with E-state index in [1.54, 1.807) is 11.9 Å². The van der Waals surface area contributed by atoms with Crippen molar-refractivity contribution in [3.63, 3.8) is 0 Å². The van der Waals surface area contributed by atoms with E-state index in [9.17, 15) is 19.5 Å². The van der Waals surface area contributed by atoms with Gasteiger partial charge in [0.25, 0.3) is 0 Å². The lowest BCUT2D eigenvalue weighted by Gasteiger charge is -2.37. The molecule has 6 nitrogen and oxygen atoms in total. The van der Waals surface area contributed by atoms with E-state index in [4.69, 9.17) is 0 Å². The highest BCUT2D eigenvalue weighted by Gasteiger charge is 2.39. The van der Waals surface area contributed by atoms with E-state index in [2.05, 4.69) is 5.32 Å². The van der Waals surface area contributed by atoms with Crippen molar-refractivity contribution in [2.45, 2.75) is 38.5 Å². The highest BCUT2D eigenvalue weighted by Crippen LogP contribution is 2.32. The molecule has 3 atom stereocenters. The summed E-state index contributed by atoms with van der Waals surface area (Å²) in [6.45, 7) is 1.05. The van der Waals surface area contributed by atoms with Gasteiger partial charge in [-0.2, -0.15) is 0 Å². The number of carboxylic acid groups (broad SMARTS) is 1. The Morgan fingerprint density at radius 2 is 1.71 bits per heavy atom. The summed E-state index contributed by atoms with van der Waals surface area (Å²) in [5.41, 5.74) is 0. The van der Waals surface area contributed by atoms with Crippen LogP contribution in [-0.2, 0) is 14.4 Å². The van der Waals surface area contributed by atoms with Gasteiger partial charge in [0, 0.05) is 20.1 Å². The quantitative estimate of drug-likeness (QED) is 0.809.